The maximum Gasteiger partial charge on any atom is 0.220 e. The van der Waals surface area contributed by atoms with Gasteiger partial charge in [0.05, 0.1) is 6.61 Å². The van der Waals surface area contributed by atoms with Gasteiger partial charge in [0.2, 0.25) is 5.91 Å². The van der Waals surface area contributed by atoms with Crippen LogP contribution in [0.15, 0.2) is 24.3 Å². The van der Waals surface area contributed by atoms with Gasteiger partial charge in [-0.2, -0.15) is 0 Å². The molecule has 0 aromatic heterocycles. The Bertz CT molecular complexity index is 467. The molecule has 2 heterocycles. The molecule has 2 N–H and O–H groups in total. The van der Waals surface area contributed by atoms with Crippen molar-refractivity contribution >= 4 is 5.91 Å². The SMILES string of the molecule is NC(=O)C1CCN(C2CCOc3ccccc32)CC1. The summed E-state index contributed by atoms with van der Waals surface area (Å²) >= 11 is 0. The van der Waals surface area contributed by atoms with Crippen molar-refractivity contribution in [3.8, 4) is 5.75 Å². The summed E-state index contributed by atoms with van der Waals surface area (Å²) in [5, 5.41) is 0. The summed E-state index contributed by atoms with van der Waals surface area (Å²) in [6.07, 6.45) is 2.79. The molecular formula is C15H20N2O2. The van der Waals surface area contributed by atoms with Crippen LogP contribution in [0.25, 0.3) is 0 Å². The third-order valence-corrected chi connectivity index (χ3v) is 4.30. The Morgan fingerprint density at radius 1 is 1.21 bits per heavy atom. The van der Waals surface area contributed by atoms with E-state index in [0.717, 1.165) is 44.7 Å². The van der Waals surface area contributed by atoms with Crippen molar-refractivity contribution in [1.29, 1.82) is 0 Å². The third-order valence-electron chi connectivity index (χ3n) is 4.30. The molecule has 0 bridgehead atoms. The maximum atomic E-state index is 11.2. The fourth-order valence-corrected chi connectivity index (χ4v) is 3.20. The summed E-state index contributed by atoms with van der Waals surface area (Å²) in [7, 11) is 0. The zero-order chi connectivity index (χ0) is 13.2. The first kappa shape index (κ1) is 12.5. The average molecular weight is 260 g/mol. The number of carbonyl (C=O) groups is 1. The monoisotopic (exact) mass is 260 g/mol. The number of fused-ring (bicyclic) bond motifs is 1. The van der Waals surface area contributed by atoms with E-state index in [1.54, 1.807) is 0 Å². The number of primary amides is 1. The van der Waals surface area contributed by atoms with E-state index < -0.39 is 0 Å². The average Bonchev–Trinajstić information content (AvgIpc) is 2.47. The van der Waals surface area contributed by atoms with E-state index in [1.165, 1.54) is 5.56 Å². The van der Waals surface area contributed by atoms with Gasteiger partial charge in [-0.3, -0.25) is 9.69 Å². The zero-order valence-corrected chi connectivity index (χ0v) is 11.0. The van der Waals surface area contributed by atoms with Gasteiger partial charge in [0.15, 0.2) is 0 Å². The van der Waals surface area contributed by atoms with Crippen LogP contribution >= 0.6 is 0 Å². The Morgan fingerprint density at radius 2 is 1.95 bits per heavy atom. The fraction of sp³-hybridized carbons (Fsp3) is 0.533. The van der Waals surface area contributed by atoms with Crippen LogP contribution in [-0.4, -0.2) is 30.5 Å². The lowest BCUT2D eigenvalue weighted by Gasteiger charge is -2.39. The van der Waals surface area contributed by atoms with Crippen LogP contribution in [-0.2, 0) is 4.79 Å². The Hall–Kier alpha value is -1.55. The number of likely N-dealkylation sites (tertiary alicyclic amines) is 1. The van der Waals surface area contributed by atoms with Crippen LogP contribution in [0.2, 0.25) is 0 Å². The second kappa shape index (κ2) is 5.21. The molecule has 3 rings (SSSR count). The van der Waals surface area contributed by atoms with Crippen molar-refractivity contribution in [3.63, 3.8) is 0 Å². The summed E-state index contributed by atoms with van der Waals surface area (Å²) in [5.74, 6) is 0.925. The molecule has 2 aliphatic rings. The number of hydrogen-bond acceptors (Lipinski definition) is 3. The molecule has 2 aliphatic heterocycles. The molecule has 4 nitrogen and oxygen atoms in total. The summed E-state index contributed by atoms with van der Waals surface area (Å²) in [4.78, 5) is 13.7. The highest BCUT2D eigenvalue weighted by molar-refractivity contribution is 5.76. The molecule has 1 amide bonds. The van der Waals surface area contributed by atoms with E-state index in [2.05, 4.69) is 17.0 Å². The van der Waals surface area contributed by atoms with Crippen LogP contribution in [0.1, 0.15) is 30.9 Å². The maximum absolute atomic E-state index is 11.2. The number of piperidine rings is 1. The number of para-hydroxylation sites is 1. The molecule has 1 aromatic rings. The molecule has 0 spiro atoms. The lowest BCUT2D eigenvalue weighted by atomic mass is 9.92. The van der Waals surface area contributed by atoms with Gasteiger partial charge in [-0.25, -0.2) is 0 Å². The van der Waals surface area contributed by atoms with E-state index >= 15 is 0 Å². The lowest BCUT2D eigenvalue weighted by Crippen LogP contribution is -2.41. The van der Waals surface area contributed by atoms with Crippen molar-refractivity contribution in [3.05, 3.63) is 29.8 Å². The molecule has 0 aliphatic carbocycles. The van der Waals surface area contributed by atoms with E-state index in [-0.39, 0.29) is 11.8 Å². The zero-order valence-electron chi connectivity index (χ0n) is 11.0. The van der Waals surface area contributed by atoms with Crippen molar-refractivity contribution in [2.45, 2.75) is 25.3 Å². The van der Waals surface area contributed by atoms with Crippen LogP contribution in [0.5, 0.6) is 5.75 Å². The molecule has 1 unspecified atom stereocenters. The summed E-state index contributed by atoms with van der Waals surface area (Å²) in [6.45, 7) is 2.68. The predicted octanol–water partition coefficient (Wildman–Crippen LogP) is 1.71. The van der Waals surface area contributed by atoms with E-state index in [1.807, 2.05) is 12.1 Å². The van der Waals surface area contributed by atoms with Crippen LogP contribution in [0, 0.1) is 5.92 Å². The Balaban J connectivity index is 1.73. The second-order valence-electron chi connectivity index (χ2n) is 5.40. The summed E-state index contributed by atoms with van der Waals surface area (Å²) in [5.41, 5.74) is 6.67. The number of nitrogens with two attached hydrogens (primary N) is 1. The Labute approximate surface area is 113 Å². The quantitative estimate of drug-likeness (QED) is 0.880. The number of hydrogen-bond donors (Lipinski definition) is 1. The molecule has 0 radical (unpaired) electrons. The minimum Gasteiger partial charge on any atom is -0.493 e. The van der Waals surface area contributed by atoms with Crippen molar-refractivity contribution in [2.75, 3.05) is 19.7 Å². The first-order valence-electron chi connectivity index (χ1n) is 7.01. The molecule has 102 valence electrons. The number of benzene rings is 1. The van der Waals surface area contributed by atoms with Gasteiger partial charge in [-0.1, -0.05) is 18.2 Å². The van der Waals surface area contributed by atoms with Gasteiger partial charge in [0.25, 0.3) is 0 Å². The highest BCUT2D eigenvalue weighted by atomic mass is 16.5. The van der Waals surface area contributed by atoms with Crippen molar-refractivity contribution in [2.24, 2.45) is 11.7 Å². The minimum atomic E-state index is -0.146. The minimum absolute atomic E-state index is 0.0614. The molecular weight excluding hydrogens is 240 g/mol. The van der Waals surface area contributed by atoms with Crippen LogP contribution < -0.4 is 10.5 Å². The van der Waals surface area contributed by atoms with Gasteiger partial charge in [-0.15, -0.1) is 0 Å². The van der Waals surface area contributed by atoms with Crippen LogP contribution in [0.3, 0.4) is 0 Å². The number of nitrogens with zero attached hydrogens (tertiary/aromatic N) is 1. The Morgan fingerprint density at radius 3 is 2.68 bits per heavy atom. The smallest absolute Gasteiger partial charge is 0.220 e. The lowest BCUT2D eigenvalue weighted by molar-refractivity contribution is -0.123. The van der Waals surface area contributed by atoms with Gasteiger partial charge >= 0.3 is 0 Å². The fourth-order valence-electron chi connectivity index (χ4n) is 3.20. The Kier molecular flexibility index (Phi) is 3.42. The van der Waals surface area contributed by atoms with E-state index in [9.17, 15) is 4.79 Å². The number of rotatable bonds is 2. The summed E-state index contributed by atoms with van der Waals surface area (Å²) < 4.78 is 5.70. The number of carbonyl (C=O) groups excluding carboxylic acids is 1. The van der Waals surface area contributed by atoms with Gasteiger partial charge in [0, 0.05) is 23.9 Å². The highest BCUT2D eigenvalue weighted by Crippen LogP contribution is 2.37. The standard InChI is InChI=1S/C15H20N2O2/c16-15(18)11-5-8-17(9-6-11)13-7-10-19-14-4-2-1-3-12(13)14/h1-4,11,13H,5-10H2,(H2,16,18). The predicted molar refractivity (Wildman–Crippen MR) is 72.8 cm³/mol. The summed E-state index contributed by atoms with van der Waals surface area (Å²) in [6, 6.07) is 8.70. The molecule has 0 saturated carbocycles. The number of amides is 1. The second-order valence-corrected chi connectivity index (χ2v) is 5.40. The topological polar surface area (TPSA) is 55.6 Å². The largest absolute Gasteiger partial charge is 0.493 e. The van der Waals surface area contributed by atoms with Gasteiger partial charge < -0.3 is 10.5 Å². The van der Waals surface area contributed by atoms with Gasteiger partial charge in [0.1, 0.15) is 5.75 Å². The van der Waals surface area contributed by atoms with Crippen molar-refractivity contribution < 1.29 is 9.53 Å². The molecule has 1 atom stereocenters. The first-order valence-corrected chi connectivity index (χ1v) is 7.01. The van der Waals surface area contributed by atoms with Crippen molar-refractivity contribution in [1.82, 2.24) is 4.90 Å². The van der Waals surface area contributed by atoms with E-state index in [0.29, 0.717) is 6.04 Å². The van der Waals surface area contributed by atoms with Gasteiger partial charge in [-0.05, 0) is 32.0 Å². The normalized spacial score (nSPS) is 24.5. The first-order chi connectivity index (χ1) is 9.25. The molecule has 1 saturated heterocycles. The highest BCUT2D eigenvalue weighted by Gasteiger charge is 2.31. The molecule has 1 aromatic carbocycles. The third kappa shape index (κ3) is 2.45. The number of ether oxygens (including phenoxy) is 1. The molecule has 19 heavy (non-hydrogen) atoms. The molecule has 4 heteroatoms. The van der Waals surface area contributed by atoms with Crippen LogP contribution in [0.4, 0.5) is 0 Å². The van der Waals surface area contributed by atoms with E-state index in [4.69, 9.17) is 10.5 Å². The molecule has 1 fully saturated rings.